The van der Waals surface area contributed by atoms with Gasteiger partial charge in [0, 0.05) is 13.0 Å². The number of aliphatic imine (C=N–C) groups is 2. The molecular weight excluding hydrogens is 292 g/mol. The summed E-state index contributed by atoms with van der Waals surface area (Å²) in [5.41, 5.74) is 1.09. The van der Waals surface area contributed by atoms with Crippen LogP contribution in [0.4, 0.5) is 0 Å². The van der Waals surface area contributed by atoms with Crippen molar-refractivity contribution < 1.29 is 9.53 Å². The summed E-state index contributed by atoms with van der Waals surface area (Å²) < 4.78 is 5.16. The number of carbonyl (C=O) groups excluding carboxylic acids is 1. The molecule has 1 amide bonds. The minimum atomic E-state index is -0.411. The summed E-state index contributed by atoms with van der Waals surface area (Å²) >= 11 is 0. The fourth-order valence-corrected chi connectivity index (χ4v) is 2.80. The summed E-state index contributed by atoms with van der Waals surface area (Å²) in [5.74, 6) is 1.45. The van der Waals surface area contributed by atoms with Crippen LogP contribution in [0.3, 0.4) is 0 Å². The van der Waals surface area contributed by atoms with E-state index in [1.54, 1.807) is 13.4 Å². The third-order valence-electron chi connectivity index (χ3n) is 4.12. The monoisotopic (exact) mass is 314 g/mol. The highest BCUT2D eigenvalue weighted by atomic mass is 16.5. The molecule has 0 saturated heterocycles. The van der Waals surface area contributed by atoms with Crippen LogP contribution in [0, 0.1) is 0 Å². The van der Waals surface area contributed by atoms with E-state index in [4.69, 9.17) is 9.73 Å². The van der Waals surface area contributed by atoms with E-state index in [2.05, 4.69) is 22.1 Å². The molecule has 1 aromatic rings. The van der Waals surface area contributed by atoms with Gasteiger partial charge in [0.2, 0.25) is 0 Å². The molecule has 0 bridgehead atoms. The Kier molecular flexibility index (Phi) is 4.60. The van der Waals surface area contributed by atoms with Gasteiger partial charge in [-0.2, -0.15) is 0 Å². The van der Waals surface area contributed by atoms with Crippen molar-refractivity contribution in [1.82, 2.24) is 10.2 Å². The quantitative estimate of drug-likeness (QED) is 0.867. The van der Waals surface area contributed by atoms with E-state index in [-0.39, 0.29) is 12.1 Å². The maximum Gasteiger partial charge on any atom is 0.254 e. The van der Waals surface area contributed by atoms with Gasteiger partial charge in [0.1, 0.15) is 11.6 Å². The van der Waals surface area contributed by atoms with Crippen molar-refractivity contribution in [2.24, 2.45) is 9.98 Å². The number of hydrogen-bond acceptors (Lipinski definition) is 5. The van der Waals surface area contributed by atoms with Gasteiger partial charge < -0.3 is 15.0 Å². The zero-order valence-electron chi connectivity index (χ0n) is 13.5. The Morgan fingerprint density at radius 1 is 1.30 bits per heavy atom. The second-order valence-corrected chi connectivity index (χ2v) is 5.80. The molecule has 3 rings (SSSR count). The third kappa shape index (κ3) is 3.36. The minimum Gasteiger partial charge on any atom is -0.497 e. The Bertz CT molecular complexity index is 624. The molecule has 0 saturated carbocycles. The van der Waals surface area contributed by atoms with E-state index >= 15 is 0 Å². The Hall–Kier alpha value is -2.37. The molecule has 0 fully saturated rings. The van der Waals surface area contributed by atoms with Gasteiger partial charge in [-0.3, -0.25) is 9.79 Å². The minimum absolute atomic E-state index is 0.0660. The van der Waals surface area contributed by atoms with E-state index in [1.807, 2.05) is 24.3 Å². The summed E-state index contributed by atoms with van der Waals surface area (Å²) in [4.78, 5) is 23.3. The number of benzene rings is 1. The van der Waals surface area contributed by atoms with E-state index < -0.39 is 6.04 Å². The zero-order valence-corrected chi connectivity index (χ0v) is 13.5. The predicted octanol–water partition coefficient (Wildman–Crippen LogP) is 1.60. The summed E-state index contributed by atoms with van der Waals surface area (Å²) in [6.07, 6.45) is 4.35. The maximum atomic E-state index is 12.2. The molecular formula is C17H22N4O2. The second-order valence-electron chi connectivity index (χ2n) is 5.80. The standard InChI is InChI=1S/C17H22N4O2/c1-3-4-9-21-11-18-15-16(21)19-14(20-17(15)22)10-12-5-7-13(23-2)8-6-12/h5-8,11,15-16H,3-4,9-10H2,1-2H3,(H,19,20,22). The van der Waals surface area contributed by atoms with E-state index in [0.29, 0.717) is 12.3 Å². The SMILES string of the molecule is CCCCN1C=NC2C(=O)NC(Cc3ccc(OC)cc3)=NC21. The Morgan fingerprint density at radius 3 is 2.78 bits per heavy atom. The highest BCUT2D eigenvalue weighted by Crippen LogP contribution is 2.20. The van der Waals surface area contributed by atoms with Crippen molar-refractivity contribution in [3.05, 3.63) is 29.8 Å². The number of amides is 1. The van der Waals surface area contributed by atoms with Crippen molar-refractivity contribution in [2.75, 3.05) is 13.7 Å². The van der Waals surface area contributed by atoms with Crippen LogP contribution in [0.25, 0.3) is 0 Å². The van der Waals surface area contributed by atoms with Gasteiger partial charge in [-0.05, 0) is 24.1 Å². The zero-order chi connectivity index (χ0) is 16.2. The van der Waals surface area contributed by atoms with E-state index in [1.165, 1.54) is 0 Å². The largest absolute Gasteiger partial charge is 0.497 e. The number of nitrogens with zero attached hydrogens (tertiary/aromatic N) is 3. The number of hydrogen-bond donors (Lipinski definition) is 1. The summed E-state index contributed by atoms with van der Waals surface area (Å²) in [6.45, 7) is 3.03. The first-order chi connectivity index (χ1) is 11.2. The number of carbonyl (C=O) groups is 1. The molecule has 1 aromatic carbocycles. The molecule has 6 nitrogen and oxygen atoms in total. The molecule has 6 heteroatoms. The second kappa shape index (κ2) is 6.81. The van der Waals surface area contributed by atoms with Crippen LogP contribution in [0.15, 0.2) is 34.3 Å². The Balaban J connectivity index is 1.73. The van der Waals surface area contributed by atoms with Crippen molar-refractivity contribution in [1.29, 1.82) is 0 Å². The van der Waals surface area contributed by atoms with Crippen LogP contribution in [-0.2, 0) is 11.2 Å². The topological polar surface area (TPSA) is 66.3 Å². The van der Waals surface area contributed by atoms with Gasteiger partial charge in [-0.1, -0.05) is 25.5 Å². The van der Waals surface area contributed by atoms with Crippen LogP contribution in [-0.4, -0.2) is 48.8 Å². The molecule has 23 heavy (non-hydrogen) atoms. The molecule has 122 valence electrons. The highest BCUT2D eigenvalue weighted by molar-refractivity contribution is 6.04. The van der Waals surface area contributed by atoms with Crippen LogP contribution >= 0.6 is 0 Å². The molecule has 0 aromatic heterocycles. The summed E-state index contributed by atoms with van der Waals surface area (Å²) in [5, 5.41) is 2.88. The smallest absolute Gasteiger partial charge is 0.254 e. The number of unbranched alkanes of at least 4 members (excludes halogenated alkanes) is 1. The Labute approximate surface area is 136 Å². The van der Waals surface area contributed by atoms with Gasteiger partial charge in [0.25, 0.3) is 5.91 Å². The highest BCUT2D eigenvalue weighted by Gasteiger charge is 2.39. The number of ether oxygens (including phenoxy) is 1. The molecule has 1 N–H and O–H groups in total. The van der Waals surface area contributed by atoms with Gasteiger partial charge in [-0.15, -0.1) is 0 Å². The first-order valence-electron chi connectivity index (χ1n) is 8.00. The van der Waals surface area contributed by atoms with Crippen LogP contribution in [0.5, 0.6) is 5.75 Å². The van der Waals surface area contributed by atoms with Gasteiger partial charge >= 0.3 is 0 Å². The van der Waals surface area contributed by atoms with Gasteiger partial charge in [0.05, 0.1) is 13.4 Å². The lowest BCUT2D eigenvalue weighted by molar-refractivity contribution is -0.122. The molecule has 2 unspecified atom stereocenters. The molecule has 2 atom stereocenters. The number of amidine groups is 1. The first-order valence-corrected chi connectivity index (χ1v) is 8.00. The average molecular weight is 314 g/mol. The van der Waals surface area contributed by atoms with Crippen LogP contribution in [0.2, 0.25) is 0 Å². The molecule has 0 aliphatic carbocycles. The number of methoxy groups -OCH3 is 1. The summed E-state index contributed by atoms with van der Waals surface area (Å²) in [7, 11) is 1.64. The van der Waals surface area contributed by atoms with Crippen molar-refractivity contribution >= 4 is 18.1 Å². The van der Waals surface area contributed by atoms with Gasteiger partial charge in [0.15, 0.2) is 12.2 Å². The van der Waals surface area contributed by atoms with Crippen LogP contribution < -0.4 is 10.1 Å². The third-order valence-corrected chi connectivity index (χ3v) is 4.12. The normalized spacial score (nSPS) is 22.6. The van der Waals surface area contributed by atoms with Gasteiger partial charge in [-0.25, -0.2) is 4.99 Å². The van der Waals surface area contributed by atoms with Crippen LogP contribution in [0.1, 0.15) is 25.3 Å². The van der Waals surface area contributed by atoms with E-state index in [0.717, 1.165) is 30.7 Å². The fourth-order valence-electron chi connectivity index (χ4n) is 2.80. The fraction of sp³-hybridized carbons (Fsp3) is 0.471. The molecule has 2 aliphatic rings. The molecule has 2 aliphatic heterocycles. The average Bonchev–Trinajstić information content (AvgIpc) is 2.97. The lowest BCUT2D eigenvalue weighted by Gasteiger charge is -2.28. The molecule has 2 heterocycles. The lowest BCUT2D eigenvalue weighted by Crippen LogP contribution is -2.51. The van der Waals surface area contributed by atoms with Crippen molar-refractivity contribution in [3.8, 4) is 5.75 Å². The number of fused-ring (bicyclic) bond motifs is 1. The lowest BCUT2D eigenvalue weighted by atomic mass is 10.1. The first kappa shape index (κ1) is 15.5. The predicted molar refractivity (Wildman–Crippen MR) is 90.0 cm³/mol. The molecule has 0 radical (unpaired) electrons. The number of nitrogens with one attached hydrogen (secondary N) is 1. The molecule has 0 spiro atoms. The summed E-state index contributed by atoms with van der Waals surface area (Å²) in [6, 6.07) is 7.39. The Morgan fingerprint density at radius 2 is 2.09 bits per heavy atom. The van der Waals surface area contributed by atoms with Crippen molar-refractivity contribution in [3.63, 3.8) is 0 Å². The van der Waals surface area contributed by atoms with E-state index in [9.17, 15) is 4.79 Å². The number of rotatable bonds is 6. The maximum absolute atomic E-state index is 12.2. The van der Waals surface area contributed by atoms with Crippen molar-refractivity contribution in [2.45, 2.75) is 38.4 Å².